The summed E-state index contributed by atoms with van der Waals surface area (Å²) >= 11 is 13.7. The number of nitrogens with one attached hydrogen (secondary N) is 1. The lowest BCUT2D eigenvalue weighted by atomic mass is 10.00. The van der Waals surface area contributed by atoms with Gasteiger partial charge in [-0.05, 0) is 30.7 Å². The average Bonchev–Trinajstić information content (AvgIpc) is 3.32. The van der Waals surface area contributed by atoms with Gasteiger partial charge in [-0.2, -0.15) is 0 Å². The van der Waals surface area contributed by atoms with Crippen molar-refractivity contribution in [3.63, 3.8) is 0 Å². The van der Waals surface area contributed by atoms with Crippen LogP contribution in [0.3, 0.4) is 0 Å². The van der Waals surface area contributed by atoms with Crippen LogP contribution in [0.2, 0.25) is 10.0 Å². The lowest BCUT2D eigenvalue weighted by molar-refractivity contribution is -0.117. The SMILES string of the molecule is C[C@@H](C(=O)Nc1ccc2nc(-c3cncs3)oc2c1)c1cccc(Cl)c1Cl. The molecule has 0 radical (unpaired) electrons. The number of hydrogen-bond donors (Lipinski definition) is 1. The van der Waals surface area contributed by atoms with Crippen LogP contribution < -0.4 is 5.32 Å². The zero-order valence-corrected chi connectivity index (χ0v) is 16.4. The summed E-state index contributed by atoms with van der Waals surface area (Å²) in [7, 11) is 0. The van der Waals surface area contributed by atoms with E-state index < -0.39 is 5.92 Å². The minimum atomic E-state index is -0.464. The largest absolute Gasteiger partial charge is 0.435 e. The van der Waals surface area contributed by atoms with Gasteiger partial charge in [-0.15, -0.1) is 11.3 Å². The number of thiazole rings is 1. The number of carbonyl (C=O) groups excluding carboxylic acids is 1. The summed E-state index contributed by atoms with van der Waals surface area (Å²) < 4.78 is 5.78. The van der Waals surface area contributed by atoms with Gasteiger partial charge in [0.2, 0.25) is 11.8 Å². The van der Waals surface area contributed by atoms with Gasteiger partial charge in [-0.3, -0.25) is 9.78 Å². The third kappa shape index (κ3) is 3.56. The van der Waals surface area contributed by atoms with Gasteiger partial charge in [0.25, 0.3) is 0 Å². The first kappa shape index (κ1) is 18.0. The van der Waals surface area contributed by atoms with Crippen LogP contribution in [0.5, 0.6) is 0 Å². The minimum Gasteiger partial charge on any atom is -0.435 e. The van der Waals surface area contributed by atoms with Crippen LogP contribution in [0, 0.1) is 0 Å². The van der Waals surface area contributed by atoms with Crippen LogP contribution in [0.1, 0.15) is 18.4 Å². The van der Waals surface area contributed by atoms with Gasteiger partial charge < -0.3 is 9.73 Å². The van der Waals surface area contributed by atoms with Crippen molar-refractivity contribution in [2.24, 2.45) is 0 Å². The molecule has 2 heterocycles. The highest BCUT2D eigenvalue weighted by molar-refractivity contribution is 7.13. The standard InChI is InChI=1S/C19H13Cl2N3O2S/c1-10(12-3-2-4-13(20)17(12)21)18(25)23-11-5-6-14-15(7-11)26-19(24-14)16-8-22-9-27-16/h2-10H,1H3,(H,23,25)/t10-/m1/s1. The number of rotatable bonds is 4. The molecule has 136 valence electrons. The molecule has 2 aromatic heterocycles. The normalized spacial score (nSPS) is 12.3. The molecular weight excluding hydrogens is 405 g/mol. The molecule has 27 heavy (non-hydrogen) atoms. The van der Waals surface area contributed by atoms with Gasteiger partial charge in [0.05, 0.1) is 27.7 Å². The Balaban J connectivity index is 1.57. The minimum absolute atomic E-state index is 0.194. The van der Waals surface area contributed by atoms with Gasteiger partial charge >= 0.3 is 0 Å². The van der Waals surface area contributed by atoms with Crippen molar-refractivity contribution in [3.05, 3.63) is 63.7 Å². The first-order chi connectivity index (χ1) is 13.0. The number of anilines is 1. The van der Waals surface area contributed by atoms with Crippen molar-refractivity contribution < 1.29 is 9.21 Å². The average molecular weight is 418 g/mol. The van der Waals surface area contributed by atoms with Crippen LogP contribution >= 0.6 is 34.5 Å². The van der Waals surface area contributed by atoms with Gasteiger partial charge in [0.15, 0.2) is 5.58 Å². The number of benzene rings is 2. The summed E-state index contributed by atoms with van der Waals surface area (Å²) in [5.74, 6) is -0.148. The fourth-order valence-corrected chi connectivity index (χ4v) is 3.69. The first-order valence-electron chi connectivity index (χ1n) is 8.07. The summed E-state index contributed by atoms with van der Waals surface area (Å²) in [6.07, 6.45) is 1.70. The molecule has 1 atom stereocenters. The van der Waals surface area contributed by atoms with Crippen LogP contribution in [0.25, 0.3) is 21.9 Å². The molecule has 1 N–H and O–H groups in total. The smallest absolute Gasteiger partial charge is 0.239 e. The molecule has 0 aliphatic rings. The molecule has 2 aromatic carbocycles. The van der Waals surface area contributed by atoms with Crippen molar-refractivity contribution in [1.29, 1.82) is 0 Å². The van der Waals surface area contributed by atoms with Crippen LogP contribution in [0.4, 0.5) is 5.69 Å². The highest BCUT2D eigenvalue weighted by Crippen LogP contribution is 2.32. The fraction of sp³-hybridized carbons (Fsp3) is 0.105. The third-order valence-electron chi connectivity index (χ3n) is 4.14. The summed E-state index contributed by atoms with van der Waals surface area (Å²) in [5, 5.41) is 3.70. The summed E-state index contributed by atoms with van der Waals surface area (Å²) in [6.45, 7) is 1.78. The van der Waals surface area contributed by atoms with Gasteiger partial charge in [-0.1, -0.05) is 35.3 Å². The second-order valence-corrected chi connectivity index (χ2v) is 7.59. The molecule has 0 saturated carbocycles. The van der Waals surface area contributed by atoms with E-state index in [0.29, 0.717) is 38.3 Å². The topological polar surface area (TPSA) is 68.0 Å². The van der Waals surface area contributed by atoms with Crippen molar-refractivity contribution >= 4 is 57.2 Å². The highest BCUT2D eigenvalue weighted by Gasteiger charge is 2.20. The number of oxazole rings is 1. The number of hydrogen-bond acceptors (Lipinski definition) is 5. The van der Waals surface area contributed by atoms with E-state index >= 15 is 0 Å². The van der Waals surface area contributed by atoms with E-state index in [1.165, 1.54) is 11.3 Å². The van der Waals surface area contributed by atoms with E-state index in [-0.39, 0.29) is 5.91 Å². The summed E-state index contributed by atoms with van der Waals surface area (Å²) in [4.78, 5) is 22.0. The van der Waals surface area contributed by atoms with Gasteiger partial charge in [-0.25, -0.2) is 4.98 Å². The Kier molecular flexibility index (Phi) is 4.86. The molecule has 0 aliphatic heterocycles. The summed E-state index contributed by atoms with van der Waals surface area (Å²) in [5.41, 5.74) is 4.31. The van der Waals surface area contributed by atoms with Gasteiger partial charge in [0, 0.05) is 11.8 Å². The Morgan fingerprint density at radius 1 is 1.26 bits per heavy atom. The van der Waals surface area contributed by atoms with Crippen molar-refractivity contribution in [2.75, 3.05) is 5.32 Å². The number of aromatic nitrogens is 2. The van der Waals surface area contributed by atoms with E-state index in [4.69, 9.17) is 27.6 Å². The van der Waals surface area contributed by atoms with Gasteiger partial charge in [0.1, 0.15) is 10.4 Å². The van der Waals surface area contributed by atoms with Crippen LogP contribution in [-0.2, 0) is 4.79 Å². The molecule has 5 nitrogen and oxygen atoms in total. The van der Waals surface area contributed by atoms with Crippen LogP contribution in [-0.4, -0.2) is 15.9 Å². The Morgan fingerprint density at radius 2 is 2.11 bits per heavy atom. The quantitative estimate of drug-likeness (QED) is 0.441. The Bertz CT molecular complexity index is 1130. The zero-order chi connectivity index (χ0) is 19.0. The molecule has 8 heteroatoms. The Labute approximate surface area is 169 Å². The molecule has 0 fully saturated rings. The maximum atomic E-state index is 12.6. The summed E-state index contributed by atoms with van der Waals surface area (Å²) in [6, 6.07) is 10.6. The van der Waals surface area contributed by atoms with Crippen molar-refractivity contribution in [1.82, 2.24) is 9.97 Å². The molecule has 0 unspecified atom stereocenters. The molecule has 0 aliphatic carbocycles. The number of nitrogens with zero attached hydrogens (tertiary/aromatic N) is 2. The molecular formula is C19H13Cl2N3O2S. The fourth-order valence-electron chi connectivity index (χ4n) is 2.68. The number of carbonyl (C=O) groups is 1. The van der Waals surface area contributed by atoms with E-state index in [9.17, 15) is 4.79 Å². The maximum Gasteiger partial charge on any atom is 0.239 e. The van der Waals surface area contributed by atoms with E-state index in [2.05, 4.69) is 15.3 Å². The molecule has 4 rings (SSSR count). The molecule has 0 saturated heterocycles. The predicted octanol–water partition coefficient (Wildman–Crippen LogP) is 6.00. The van der Waals surface area contributed by atoms with Crippen molar-refractivity contribution in [2.45, 2.75) is 12.8 Å². The maximum absolute atomic E-state index is 12.6. The lowest BCUT2D eigenvalue weighted by Crippen LogP contribution is -2.19. The van der Waals surface area contributed by atoms with E-state index in [0.717, 1.165) is 4.88 Å². The Hall–Kier alpha value is -2.41. The first-order valence-corrected chi connectivity index (χ1v) is 9.70. The third-order valence-corrected chi connectivity index (χ3v) is 5.73. The molecule has 0 spiro atoms. The second kappa shape index (κ2) is 7.31. The lowest BCUT2D eigenvalue weighted by Gasteiger charge is -2.14. The second-order valence-electron chi connectivity index (χ2n) is 5.92. The number of halogens is 2. The van der Waals surface area contributed by atoms with E-state index in [1.54, 1.807) is 55.0 Å². The van der Waals surface area contributed by atoms with E-state index in [1.807, 2.05) is 0 Å². The Morgan fingerprint density at radius 3 is 2.89 bits per heavy atom. The molecule has 1 amide bonds. The number of fused-ring (bicyclic) bond motifs is 1. The van der Waals surface area contributed by atoms with Crippen molar-refractivity contribution in [3.8, 4) is 10.8 Å². The zero-order valence-electron chi connectivity index (χ0n) is 14.1. The predicted molar refractivity (Wildman–Crippen MR) is 109 cm³/mol. The highest BCUT2D eigenvalue weighted by atomic mass is 35.5. The monoisotopic (exact) mass is 417 g/mol. The van der Waals surface area contributed by atoms with Crippen LogP contribution in [0.15, 0.2) is 52.5 Å². The number of amides is 1. The molecule has 4 aromatic rings. The molecule has 0 bridgehead atoms.